The summed E-state index contributed by atoms with van der Waals surface area (Å²) >= 11 is 1.61. The summed E-state index contributed by atoms with van der Waals surface area (Å²) in [6.07, 6.45) is 2.50. The number of hydrogen-bond acceptors (Lipinski definition) is 5. The molecule has 2 unspecified atom stereocenters. The summed E-state index contributed by atoms with van der Waals surface area (Å²) in [4.78, 5) is 26.0. The maximum atomic E-state index is 12.8. The van der Waals surface area contributed by atoms with E-state index in [9.17, 15) is 14.7 Å². The van der Waals surface area contributed by atoms with Gasteiger partial charge in [0, 0.05) is 18.2 Å². The number of nitrogens with zero attached hydrogens (tertiary/aromatic N) is 1. The normalized spacial score (nSPS) is 17.6. The van der Waals surface area contributed by atoms with Crippen molar-refractivity contribution in [2.45, 2.75) is 25.8 Å². The highest BCUT2D eigenvalue weighted by molar-refractivity contribution is 7.98. The number of ether oxygens (including phenoxy) is 2. The Hall–Kier alpha value is -1.89. The van der Waals surface area contributed by atoms with Gasteiger partial charge in [-0.15, -0.1) is 0 Å². The van der Waals surface area contributed by atoms with Crippen molar-refractivity contribution in [2.75, 3.05) is 32.8 Å². The van der Waals surface area contributed by atoms with Gasteiger partial charge in [-0.1, -0.05) is 6.92 Å². The summed E-state index contributed by atoms with van der Waals surface area (Å²) in [6, 6.07) is 3.20. The number of carbonyl (C=O) groups is 2. The molecule has 138 valence electrons. The predicted octanol–water partition coefficient (Wildman–Crippen LogP) is 2.60. The minimum absolute atomic E-state index is 0.000958. The van der Waals surface area contributed by atoms with E-state index in [-0.39, 0.29) is 18.2 Å². The number of carboxylic acid groups (broad SMARTS) is 1. The third-order valence-electron chi connectivity index (χ3n) is 4.49. The lowest BCUT2D eigenvalue weighted by Gasteiger charge is -2.38. The number of carboxylic acids is 1. The van der Waals surface area contributed by atoms with Gasteiger partial charge in [-0.2, -0.15) is 11.8 Å². The molecule has 25 heavy (non-hydrogen) atoms. The molecular weight excluding hydrogens is 342 g/mol. The Labute approximate surface area is 152 Å². The van der Waals surface area contributed by atoms with E-state index in [2.05, 4.69) is 0 Å². The first-order chi connectivity index (χ1) is 11.9. The molecule has 0 radical (unpaired) electrons. The van der Waals surface area contributed by atoms with Crippen molar-refractivity contribution >= 4 is 23.6 Å². The van der Waals surface area contributed by atoms with Crippen molar-refractivity contribution in [1.82, 2.24) is 4.90 Å². The molecule has 1 aliphatic heterocycles. The Morgan fingerprint density at radius 1 is 1.32 bits per heavy atom. The highest BCUT2D eigenvalue weighted by Gasteiger charge is 2.35. The second kappa shape index (κ2) is 8.47. The minimum atomic E-state index is -0.928. The molecule has 2 rings (SSSR count). The van der Waals surface area contributed by atoms with Crippen LogP contribution in [-0.2, 0) is 16.0 Å². The van der Waals surface area contributed by atoms with E-state index < -0.39 is 12.0 Å². The zero-order chi connectivity index (χ0) is 18.6. The lowest BCUT2D eigenvalue weighted by atomic mass is 9.89. The topological polar surface area (TPSA) is 76.1 Å². The summed E-state index contributed by atoms with van der Waals surface area (Å²) in [5.41, 5.74) is 1.83. The van der Waals surface area contributed by atoms with E-state index >= 15 is 0 Å². The van der Waals surface area contributed by atoms with Crippen LogP contribution in [0.1, 0.15) is 30.5 Å². The second-order valence-electron chi connectivity index (χ2n) is 6.16. The smallest absolute Gasteiger partial charge is 0.305 e. The van der Waals surface area contributed by atoms with Crippen LogP contribution in [0.5, 0.6) is 11.5 Å². The van der Waals surface area contributed by atoms with Crippen LogP contribution in [0, 0.1) is 5.92 Å². The third kappa shape index (κ3) is 4.21. The number of rotatable bonds is 7. The van der Waals surface area contributed by atoms with Crippen LogP contribution < -0.4 is 9.47 Å². The van der Waals surface area contributed by atoms with Crippen LogP contribution >= 0.6 is 11.8 Å². The molecule has 0 fully saturated rings. The Bertz CT molecular complexity index is 649. The highest BCUT2D eigenvalue weighted by atomic mass is 32.2. The molecule has 1 N–H and O–H groups in total. The maximum Gasteiger partial charge on any atom is 0.305 e. The number of methoxy groups -OCH3 is 2. The van der Waals surface area contributed by atoms with Gasteiger partial charge in [-0.05, 0) is 35.9 Å². The van der Waals surface area contributed by atoms with Crippen LogP contribution in [0.3, 0.4) is 0 Å². The first-order valence-corrected chi connectivity index (χ1v) is 9.58. The molecule has 1 heterocycles. The SMILES string of the molecule is COc1cc2c(cc1OC)C(CC(=O)O)N(C(=O)C(C)CSC)CC2. The molecule has 7 heteroatoms. The lowest BCUT2D eigenvalue weighted by molar-refractivity contribution is -0.142. The van der Waals surface area contributed by atoms with E-state index in [4.69, 9.17) is 9.47 Å². The summed E-state index contributed by atoms with van der Waals surface area (Å²) in [5, 5.41) is 9.36. The van der Waals surface area contributed by atoms with Gasteiger partial charge in [0.05, 0.1) is 26.7 Å². The molecule has 0 bridgehead atoms. The van der Waals surface area contributed by atoms with Gasteiger partial charge >= 0.3 is 5.97 Å². The molecule has 1 aromatic carbocycles. The van der Waals surface area contributed by atoms with Gasteiger partial charge < -0.3 is 19.5 Å². The number of thioether (sulfide) groups is 1. The number of fused-ring (bicyclic) bond motifs is 1. The number of aliphatic carboxylic acids is 1. The van der Waals surface area contributed by atoms with Crippen LogP contribution in [0.25, 0.3) is 0 Å². The van der Waals surface area contributed by atoms with Crippen molar-refractivity contribution in [2.24, 2.45) is 5.92 Å². The predicted molar refractivity (Wildman–Crippen MR) is 97.5 cm³/mol. The summed E-state index contributed by atoms with van der Waals surface area (Å²) in [5.74, 6) is 0.805. The standard InChI is InChI=1S/C18H25NO5S/c1-11(10-25-4)18(22)19-6-5-12-7-15(23-2)16(24-3)8-13(12)14(19)9-17(20)21/h7-8,11,14H,5-6,9-10H2,1-4H3,(H,20,21). The molecule has 6 nitrogen and oxygen atoms in total. The highest BCUT2D eigenvalue weighted by Crippen LogP contribution is 2.40. The molecule has 1 amide bonds. The average Bonchev–Trinajstić information content (AvgIpc) is 2.60. The van der Waals surface area contributed by atoms with E-state index in [1.54, 1.807) is 36.9 Å². The van der Waals surface area contributed by atoms with E-state index in [0.29, 0.717) is 30.2 Å². The van der Waals surface area contributed by atoms with Gasteiger partial charge in [0.15, 0.2) is 11.5 Å². The van der Waals surface area contributed by atoms with E-state index in [1.807, 2.05) is 19.2 Å². The van der Waals surface area contributed by atoms with Gasteiger partial charge in [0.25, 0.3) is 0 Å². The third-order valence-corrected chi connectivity index (χ3v) is 5.33. The summed E-state index contributed by atoms with van der Waals surface area (Å²) in [7, 11) is 3.12. The van der Waals surface area contributed by atoms with Gasteiger partial charge in [-0.3, -0.25) is 9.59 Å². The molecule has 2 atom stereocenters. The molecule has 1 aliphatic rings. The first-order valence-electron chi connectivity index (χ1n) is 8.18. The molecule has 0 saturated carbocycles. The average molecular weight is 367 g/mol. The van der Waals surface area contributed by atoms with Crippen LogP contribution in [0.15, 0.2) is 12.1 Å². The van der Waals surface area contributed by atoms with Crippen LogP contribution in [0.4, 0.5) is 0 Å². The quantitative estimate of drug-likeness (QED) is 0.798. The molecule has 0 aliphatic carbocycles. The fourth-order valence-electron chi connectivity index (χ4n) is 3.28. The first kappa shape index (κ1) is 19.4. The van der Waals surface area contributed by atoms with Gasteiger partial charge in [0.1, 0.15) is 0 Å². The molecule has 0 saturated heterocycles. The zero-order valence-electron chi connectivity index (χ0n) is 15.1. The van der Waals surface area contributed by atoms with E-state index in [0.717, 1.165) is 11.1 Å². The van der Waals surface area contributed by atoms with Crippen molar-refractivity contribution in [3.8, 4) is 11.5 Å². The Morgan fingerprint density at radius 2 is 1.96 bits per heavy atom. The molecule has 1 aromatic rings. The van der Waals surface area contributed by atoms with E-state index in [1.165, 1.54) is 0 Å². The van der Waals surface area contributed by atoms with Crippen LogP contribution in [0.2, 0.25) is 0 Å². The summed E-state index contributed by atoms with van der Waals surface area (Å²) in [6.45, 7) is 2.40. The van der Waals surface area contributed by atoms with Crippen LogP contribution in [-0.4, -0.2) is 54.7 Å². The Morgan fingerprint density at radius 3 is 2.52 bits per heavy atom. The molecular formula is C18H25NO5S. The lowest BCUT2D eigenvalue weighted by Crippen LogP contribution is -2.43. The van der Waals surface area contributed by atoms with Gasteiger partial charge in [-0.25, -0.2) is 0 Å². The largest absolute Gasteiger partial charge is 0.493 e. The number of hydrogen-bond donors (Lipinski definition) is 1. The monoisotopic (exact) mass is 367 g/mol. The number of amides is 1. The zero-order valence-corrected chi connectivity index (χ0v) is 15.9. The summed E-state index contributed by atoms with van der Waals surface area (Å²) < 4.78 is 10.7. The minimum Gasteiger partial charge on any atom is -0.493 e. The number of benzene rings is 1. The van der Waals surface area contributed by atoms with Crippen molar-refractivity contribution in [3.63, 3.8) is 0 Å². The van der Waals surface area contributed by atoms with Crippen molar-refractivity contribution in [3.05, 3.63) is 23.3 Å². The fraction of sp³-hybridized carbons (Fsp3) is 0.556. The molecule has 0 aromatic heterocycles. The van der Waals surface area contributed by atoms with Crippen molar-refractivity contribution in [1.29, 1.82) is 0 Å². The second-order valence-corrected chi connectivity index (χ2v) is 7.07. The Balaban J connectivity index is 2.43. The fourth-order valence-corrected chi connectivity index (χ4v) is 3.92. The van der Waals surface area contributed by atoms with Crippen molar-refractivity contribution < 1.29 is 24.2 Å². The Kier molecular flexibility index (Phi) is 6.58. The number of carbonyl (C=O) groups excluding carboxylic acids is 1. The van der Waals surface area contributed by atoms with Gasteiger partial charge in [0.2, 0.25) is 5.91 Å². The molecule has 0 spiro atoms. The maximum absolute atomic E-state index is 12.8.